The lowest BCUT2D eigenvalue weighted by Crippen LogP contribution is -2.04. The van der Waals surface area contributed by atoms with Crippen LogP contribution in [0, 0.1) is 6.92 Å². The highest BCUT2D eigenvalue weighted by Crippen LogP contribution is 2.28. The molecule has 0 aliphatic rings. The Bertz CT molecular complexity index is 1080. The number of hydrogen-bond donors (Lipinski definition) is 0. The summed E-state index contributed by atoms with van der Waals surface area (Å²) < 4.78 is 11.2. The van der Waals surface area contributed by atoms with Crippen LogP contribution in [-0.4, -0.2) is 0 Å². The molecule has 0 aliphatic carbocycles. The summed E-state index contributed by atoms with van der Waals surface area (Å²) in [6.07, 6.45) is 0. The average Bonchev–Trinajstić information content (AvgIpc) is 2.60. The molecule has 118 valence electrons. The molecule has 4 aromatic rings. The van der Waals surface area contributed by atoms with E-state index < -0.39 is 0 Å². The minimum absolute atomic E-state index is 0.319. The molecule has 1 heterocycles. The van der Waals surface area contributed by atoms with Gasteiger partial charge >= 0.3 is 5.63 Å². The van der Waals surface area contributed by atoms with E-state index in [1.54, 1.807) is 0 Å². The molecule has 3 aromatic carbocycles. The third kappa shape index (κ3) is 2.65. The molecule has 0 aliphatic heterocycles. The monoisotopic (exact) mass is 316 g/mol. The van der Waals surface area contributed by atoms with Crippen molar-refractivity contribution in [1.29, 1.82) is 0 Å². The summed E-state index contributed by atoms with van der Waals surface area (Å²) in [4.78, 5) is 11.9. The fraction of sp³-hybridized carbons (Fsp3) is 0.0952. The van der Waals surface area contributed by atoms with Crippen LogP contribution in [0.2, 0.25) is 0 Å². The zero-order valence-corrected chi connectivity index (χ0v) is 13.3. The van der Waals surface area contributed by atoms with Crippen molar-refractivity contribution in [3.8, 4) is 5.75 Å². The summed E-state index contributed by atoms with van der Waals surface area (Å²) in [5.41, 5.74) is 2.24. The first-order chi connectivity index (χ1) is 11.7. The maximum absolute atomic E-state index is 11.9. The topological polar surface area (TPSA) is 39.4 Å². The van der Waals surface area contributed by atoms with E-state index in [-0.39, 0.29) is 5.63 Å². The molecular formula is C21H16O3. The number of hydrogen-bond acceptors (Lipinski definition) is 3. The van der Waals surface area contributed by atoms with Crippen molar-refractivity contribution in [3.63, 3.8) is 0 Å². The van der Waals surface area contributed by atoms with Crippen molar-refractivity contribution in [1.82, 2.24) is 0 Å². The largest absolute Gasteiger partial charge is 0.489 e. The molecule has 4 rings (SSSR count). The molecule has 0 spiro atoms. The number of fused-ring (bicyclic) bond motifs is 3. The van der Waals surface area contributed by atoms with Gasteiger partial charge in [-0.15, -0.1) is 0 Å². The summed E-state index contributed by atoms with van der Waals surface area (Å²) in [5, 5.41) is 3.09. The molecule has 3 heteroatoms. The second-order valence-electron chi connectivity index (χ2n) is 5.85. The number of benzene rings is 3. The van der Waals surface area contributed by atoms with Gasteiger partial charge in [-0.3, -0.25) is 0 Å². The minimum Gasteiger partial charge on any atom is -0.489 e. The van der Waals surface area contributed by atoms with Crippen molar-refractivity contribution in [2.45, 2.75) is 13.5 Å². The third-order valence-electron chi connectivity index (χ3n) is 4.13. The van der Waals surface area contributed by atoms with Crippen LogP contribution in [0.15, 0.2) is 75.9 Å². The van der Waals surface area contributed by atoms with E-state index in [2.05, 4.69) is 0 Å². The molecule has 0 amide bonds. The van der Waals surface area contributed by atoms with Gasteiger partial charge in [-0.25, -0.2) is 4.79 Å². The lowest BCUT2D eigenvalue weighted by atomic mass is 10.0. The highest BCUT2D eigenvalue weighted by Gasteiger charge is 2.10. The van der Waals surface area contributed by atoms with Crippen LogP contribution in [0.25, 0.3) is 21.7 Å². The van der Waals surface area contributed by atoms with E-state index in [9.17, 15) is 4.79 Å². The van der Waals surface area contributed by atoms with Gasteiger partial charge in [0.1, 0.15) is 17.9 Å². The average molecular weight is 316 g/mol. The van der Waals surface area contributed by atoms with Gasteiger partial charge in [0.25, 0.3) is 0 Å². The predicted molar refractivity (Wildman–Crippen MR) is 95.5 cm³/mol. The van der Waals surface area contributed by atoms with Crippen molar-refractivity contribution < 1.29 is 9.15 Å². The highest BCUT2D eigenvalue weighted by atomic mass is 16.5. The predicted octanol–water partition coefficient (Wildman–Crippen LogP) is 4.83. The third-order valence-corrected chi connectivity index (χ3v) is 4.13. The van der Waals surface area contributed by atoms with E-state index in [1.165, 1.54) is 11.6 Å². The molecule has 0 unspecified atom stereocenters. The SMILES string of the molecule is Cc1ccc(OCc2cc(=O)oc3ccc4ccccc4c23)cc1. The van der Waals surface area contributed by atoms with Gasteiger partial charge in [-0.05, 0) is 35.9 Å². The van der Waals surface area contributed by atoms with Crippen LogP contribution in [0.1, 0.15) is 11.1 Å². The smallest absolute Gasteiger partial charge is 0.336 e. The number of aryl methyl sites for hydroxylation is 1. The number of rotatable bonds is 3. The van der Waals surface area contributed by atoms with Gasteiger partial charge in [0.05, 0.1) is 0 Å². The summed E-state index contributed by atoms with van der Waals surface area (Å²) in [6.45, 7) is 2.35. The fourth-order valence-electron chi connectivity index (χ4n) is 2.93. The molecule has 0 saturated heterocycles. The van der Waals surface area contributed by atoms with Gasteiger partial charge in [-0.2, -0.15) is 0 Å². The van der Waals surface area contributed by atoms with Crippen molar-refractivity contribution >= 4 is 21.7 Å². The first-order valence-electron chi connectivity index (χ1n) is 7.85. The maximum atomic E-state index is 11.9. The van der Waals surface area contributed by atoms with Crippen LogP contribution >= 0.6 is 0 Å². The van der Waals surface area contributed by atoms with Gasteiger partial charge in [0.2, 0.25) is 0 Å². The molecule has 1 aromatic heterocycles. The zero-order chi connectivity index (χ0) is 16.5. The molecular weight excluding hydrogens is 300 g/mol. The van der Waals surface area contributed by atoms with Crippen molar-refractivity contribution in [3.05, 3.63) is 88.3 Å². The van der Waals surface area contributed by atoms with Crippen LogP contribution in [0.3, 0.4) is 0 Å². The standard InChI is InChI=1S/C21H16O3/c1-14-6-9-17(10-7-14)23-13-16-12-20(22)24-19-11-8-15-4-2-3-5-18(15)21(16)19/h2-12H,13H2,1H3. The van der Waals surface area contributed by atoms with Gasteiger partial charge < -0.3 is 9.15 Å². The number of ether oxygens (including phenoxy) is 1. The Kier molecular flexibility index (Phi) is 3.54. The zero-order valence-electron chi connectivity index (χ0n) is 13.3. The van der Waals surface area contributed by atoms with E-state index >= 15 is 0 Å². The van der Waals surface area contributed by atoms with Gasteiger partial charge in [0, 0.05) is 17.0 Å². The van der Waals surface area contributed by atoms with E-state index in [4.69, 9.17) is 9.15 Å². The lowest BCUT2D eigenvalue weighted by molar-refractivity contribution is 0.306. The summed E-state index contributed by atoms with van der Waals surface area (Å²) in [7, 11) is 0. The van der Waals surface area contributed by atoms with E-state index in [1.807, 2.05) is 67.6 Å². The summed E-state index contributed by atoms with van der Waals surface area (Å²) >= 11 is 0. The van der Waals surface area contributed by atoms with E-state index in [0.29, 0.717) is 12.2 Å². The molecule has 0 fully saturated rings. The first-order valence-corrected chi connectivity index (χ1v) is 7.85. The molecule has 0 radical (unpaired) electrons. The first kappa shape index (κ1) is 14.5. The Balaban J connectivity index is 1.82. The molecule has 24 heavy (non-hydrogen) atoms. The molecule has 3 nitrogen and oxygen atoms in total. The Morgan fingerprint density at radius 3 is 2.58 bits per heavy atom. The Morgan fingerprint density at radius 1 is 0.958 bits per heavy atom. The highest BCUT2D eigenvalue weighted by molar-refractivity contribution is 6.06. The van der Waals surface area contributed by atoms with Gasteiger partial charge in [0.15, 0.2) is 0 Å². The Hall–Kier alpha value is -3.07. The molecule has 0 N–H and O–H groups in total. The molecule has 0 atom stereocenters. The molecule has 0 saturated carbocycles. The quantitative estimate of drug-likeness (QED) is 0.401. The summed E-state index contributed by atoms with van der Waals surface area (Å²) in [5.74, 6) is 0.780. The van der Waals surface area contributed by atoms with Crippen LogP contribution in [0.4, 0.5) is 0 Å². The second kappa shape index (κ2) is 5.85. The van der Waals surface area contributed by atoms with Gasteiger partial charge in [-0.1, -0.05) is 48.0 Å². The molecule has 0 bridgehead atoms. The lowest BCUT2D eigenvalue weighted by Gasteiger charge is -2.10. The van der Waals surface area contributed by atoms with Crippen LogP contribution in [-0.2, 0) is 6.61 Å². The second-order valence-corrected chi connectivity index (χ2v) is 5.85. The minimum atomic E-state index is -0.361. The Morgan fingerprint density at radius 2 is 1.75 bits per heavy atom. The maximum Gasteiger partial charge on any atom is 0.336 e. The Labute approximate surface area is 139 Å². The van der Waals surface area contributed by atoms with Crippen LogP contribution in [0.5, 0.6) is 5.75 Å². The van der Waals surface area contributed by atoms with E-state index in [0.717, 1.165) is 27.5 Å². The fourth-order valence-corrected chi connectivity index (χ4v) is 2.93. The van der Waals surface area contributed by atoms with Crippen molar-refractivity contribution in [2.24, 2.45) is 0 Å². The summed E-state index contributed by atoms with van der Waals surface area (Å²) in [6, 6.07) is 21.2. The van der Waals surface area contributed by atoms with Crippen molar-refractivity contribution in [2.75, 3.05) is 0 Å². The van der Waals surface area contributed by atoms with Crippen LogP contribution < -0.4 is 10.4 Å². The normalized spacial score (nSPS) is 11.0.